The number of hydrogen-bond acceptors (Lipinski definition) is 7. The third-order valence-electron chi connectivity index (χ3n) is 4.86. The molecule has 3 aromatic rings. The molecule has 0 amide bonds. The van der Waals surface area contributed by atoms with Crippen molar-refractivity contribution in [1.29, 1.82) is 0 Å². The molecule has 10 nitrogen and oxygen atoms in total. The molecule has 0 aliphatic carbocycles. The number of esters is 1. The summed E-state index contributed by atoms with van der Waals surface area (Å²) >= 11 is 0. The summed E-state index contributed by atoms with van der Waals surface area (Å²) in [6.45, 7) is 8.92. The standard InChI is InChI=1S/C21H29N5O5/c1-5-6-9-25-19-18(20(28)23-21(25)29)26(11-13(2)3)16(22-19)7-8-17(27)30-12-15-10-14(4)31-24-15/h10,13H,5-9,11-12H2,1-4H3,(H,23,28,29). The Balaban J connectivity index is 1.85. The van der Waals surface area contributed by atoms with Crippen molar-refractivity contribution in [3.05, 3.63) is 44.2 Å². The first-order valence-corrected chi connectivity index (χ1v) is 10.6. The second-order valence-electron chi connectivity index (χ2n) is 8.06. The van der Waals surface area contributed by atoms with E-state index in [-0.39, 0.29) is 18.9 Å². The molecule has 0 spiro atoms. The van der Waals surface area contributed by atoms with Gasteiger partial charge in [0.05, 0.1) is 6.42 Å². The third kappa shape index (κ3) is 5.31. The number of aryl methyl sites for hydroxylation is 3. The third-order valence-corrected chi connectivity index (χ3v) is 4.86. The van der Waals surface area contributed by atoms with Gasteiger partial charge in [0, 0.05) is 25.6 Å². The number of aromatic nitrogens is 5. The minimum absolute atomic E-state index is 0.0365. The second kappa shape index (κ2) is 9.76. The molecule has 0 unspecified atom stereocenters. The number of unbranched alkanes of at least 4 members (excludes halogenated alkanes) is 1. The number of imidazole rings is 1. The van der Waals surface area contributed by atoms with Crippen LogP contribution in [0.15, 0.2) is 20.2 Å². The topological polar surface area (TPSA) is 125 Å². The second-order valence-corrected chi connectivity index (χ2v) is 8.06. The fourth-order valence-electron chi connectivity index (χ4n) is 3.42. The van der Waals surface area contributed by atoms with E-state index in [0.717, 1.165) is 12.8 Å². The number of carbonyl (C=O) groups is 1. The summed E-state index contributed by atoms with van der Waals surface area (Å²) in [7, 11) is 0. The quantitative estimate of drug-likeness (QED) is 0.488. The summed E-state index contributed by atoms with van der Waals surface area (Å²) in [6.07, 6.45) is 2.08. The summed E-state index contributed by atoms with van der Waals surface area (Å²) in [5, 5.41) is 3.79. The van der Waals surface area contributed by atoms with Gasteiger partial charge in [-0.05, 0) is 19.3 Å². The molecule has 0 aliphatic heterocycles. The fraction of sp³-hybridized carbons (Fsp3) is 0.571. The lowest BCUT2D eigenvalue weighted by atomic mass is 10.2. The molecule has 0 bridgehead atoms. The zero-order valence-electron chi connectivity index (χ0n) is 18.4. The minimum atomic E-state index is -0.464. The summed E-state index contributed by atoms with van der Waals surface area (Å²) in [6, 6.07) is 1.71. The van der Waals surface area contributed by atoms with Gasteiger partial charge in [0.25, 0.3) is 5.56 Å². The molecule has 0 aromatic carbocycles. The van der Waals surface area contributed by atoms with Crippen LogP contribution in [0.3, 0.4) is 0 Å². The highest BCUT2D eigenvalue weighted by atomic mass is 16.5. The lowest BCUT2D eigenvalue weighted by molar-refractivity contribution is -0.145. The largest absolute Gasteiger partial charge is 0.459 e. The Morgan fingerprint density at radius 2 is 2.06 bits per heavy atom. The molecule has 3 heterocycles. The van der Waals surface area contributed by atoms with Crippen LogP contribution in [-0.4, -0.2) is 30.2 Å². The summed E-state index contributed by atoms with van der Waals surface area (Å²) in [5.74, 6) is 1.07. The lowest BCUT2D eigenvalue weighted by Gasteiger charge is -2.11. The fourth-order valence-corrected chi connectivity index (χ4v) is 3.42. The molecule has 10 heteroatoms. The molecular formula is C21H29N5O5. The van der Waals surface area contributed by atoms with E-state index < -0.39 is 17.2 Å². The predicted molar refractivity (Wildman–Crippen MR) is 114 cm³/mol. The monoisotopic (exact) mass is 431 g/mol. The van der Waals surface area contributed by atoms with Gasteiger partial charge in [0.15, 0.2) is 11.2 Å². The van der Waals surface area contributed by atoms with Gasteiger partial charge in [-0.3, -0.25) is 19.1 Å². The maximum absolute atomic E-state index is 12.6. The Morgan fingerprint density at radius 3 is 2.71 bits per heavy atom. The number of nitrogens with one attached hydrogen (secondary N) is 1. The van der Waals surface area contributed by atoms with Crippen LogP contribution in [0.25, 0.3) is 11.2 Å². The Hall–Kier alpha value is -3.17. The van der Waals surface area contributed by atoms with E-state index in [1.807, 2.05) is 25.3 Å². The van der Waals surface area contributed by atoms with Crippen molar-refractivity contribution in [2.24, 2.45) is 5.92 Å². The van der Waals surface area contributed by atoms with Crippen molar-refractivity contribution in [3.8, 4) is 0 Å². The lowest BCUT2D eigenvalue weighted by Crippen LogP contribution is -2.31. The van der Waals surface area contributed by atoms with Gasteiger partial charge >= 0.3 is 11.7 Å². The van der Waals surface area contributed by atoms with Crippen LogP contribution < -0.4 is 11.2 Å². The Labute approximate surface area is 179 Å². The average Bonchev–Trinajstić information content (AvgIpc) is 3.28. The van der Waals surface area contributed by atoms with Gasteiger partial charge in [-0.2, -0.15) is 0 Å². The first kappa shape index (κ1) is 22.5. The number of rotatable bonds is 10. The van der Waals surface area contributed by atoms with E-state index in [1.165, 1.54) is 4.57 Å². The Bertz CT molecular complexity index is 1170. The number of H-pyrrole nitrogens is 1. The summed E-state index contributed by atoms with van der Waals surface area (Å²) < 4.78 is 13.5. The van der Waals surface area contributed by atoms with Gasteiger partial charge in [-0.25, -0.2) is 9.78 Å². The normalized spacial score (nSPS) is 11.5. The van der Waals surface area contributed by atoms with Crippen LogP contribution in [0.2, 0.25) is 0 Å². The van der Waals surface area contributed by atoms with Crippen LogP contribution in [0.5, 0.6) is 0 Å². The molecule has 0 saturated carbocycles. The molecule has 0 atom stereocenters. The van der Waals surface area contributed by atoms with E-state index in [0.29, 0.717) is 48.0 Å². The first-order valence-electron chi connectivity index (χ1n) is 10.6. The SMILES string of the molecule is CCCCn1c(=O)[nH]c(=O)c2c1nc(CCC(=O)OCc1cc(C)on1)n2CC(C)C. The van der Waals surface area contributed by atoms with Crippen LogP contribution in [0.4, 0.5) is 0 Å². The predicted octanol–water partition coefficient (Wildman–Crippen LogP) is 2.31. The number of hydrogen-bond donors (Lipinski definition) is 1. The summed E-state index contributed by atoms with van der Waals surface area (Å²) in [5.41, 5.74) is 0.352. The first-order chi connectivity index (χ1) is 14.8. The number of ether oxygens (including phenoxy) is 1. The minimum Gasteiger partial charge on any atom is -0.459 e. The number of aromatic amines is 1. The van der Waals surface area contributed by atoms with Crippen LogP contribution in [-0.2, 0) is 35.6 Å². The van der Waals surface area contributed by atoms with Crippen molar-refractivity contribution < 1.29 is 14.1 Å². The van der Waals surface area contributed by atoms with Crippen molar-refractivity contribution in [1.82, 2.24) is 24.3 Å². The van der Waals surface area contributed by atoms with Crippen LogP contribution in [0.1, 0.15) is 57.3 Å². The summed E-state index contributed by atoms with van der Waals surface area (Å²) in [4.78, 5) is 44.2. The Kier molecular flexibility index (Phi) is 7.09. The van der Waals surface area contributed by atoms with E-state index in [9.17, 15) is 14.4 Å². The molecule has 168 valence electrons. The van der Waals surface area contributed by atoms with E-state index >= 15 is 0 Å². The van der Waals surface area contributed by atoms with Gasteiger partial charge in [-0.1, -0.05) is 32.3 Å². The zero-order valence-corrected chi connectivity index (χ0v) is 18.4. The highest BCUT2D eigenvalue weighted by Gasteiger charge is 2.20. The highest BCUT2D eigenvalue weighted by molar-refractivity contribution is 5.72. The number of fused-ring (bicyclic) bond motifs is 1. The molecular weight excluding hydrogens is 402 g/mol. The molecule has 0 aliphatic rings. The van der Waals surface area contributed by atoms with E-state index in [1.54, 1.807) is 13.0 Å². The van der Waals surface area contributed by atoms with Gasteiger partial charge in [-0.15, -0.1) is 0 Å². The van der Waals surface area contributed by atoms with Crippen LogP contribution >= 0.6 is 0 Å². The average molecular weight is 431 g/mol. The maximum Gasteiger partial charge on any atom is 0.330 e. The van der Waals surface area contributed by atoms with Gasteiger partial charge in [0.2, 0.25) is 0 Å². The number of nitrogens with zero attached hydrogens (tertiary/aromatic N) is 4. The zero-order chi connectivity index (χ0) is 22.5. The van der Waals surface area contributed by atoms with Crippen LogP contribution in [0, 0.1) is 12.8 Å². The molecule has 3 rings (SSSR count). The van der Waals surface area contributed by atoms with Crippen molar-refractivity contribution >= 4 is 17.1 Å². The smallest absolute Gasteiger partial charge is 0.330 e. The van der Waals surface area contributed by atoms with Crippen molar-refractivity contribution in [2.75, 3.05) is 0 Å². The maximum atomic E-state index is 12.6. The molecule has 3 aromatic heterocycles. The molecule has 0 saturated heterocycles. The van der Waals surface area contributed by atoms with Crippen molar-refractivity contribution in [3.63, 3.8) is 0 Å². The van der Waals surface area contributed by atoms with Gasteiger partial charge in [0.1, 0.15) is 23.9 Å². The van der Waals surface area contributed by atoms with E-state index in [2.05, 4.69) is 15.1 Å². The molecule has 31 heavy (non-hydrogen) atoms. The number of carbonyl (C=O) groups excluding carboxylic acids is 1. The molecule has 1 N–H and O–H groups in total. The highest BCUT2D eigenvalue weighted by Crippen LogP contribution is 2.16. The van der Waals surface area contributed by atoms with Crippen molar-refractivity contribution in [2.45, 2.75) is 73.1 Å². The van der Waals surface area contributed by atoms with Gasteiger partial charge < -0.3 is 13.8 Å². The molecule has 0 radical (unpaired) electrons. The Morgan fingerprint density at radius 1 is 1.29 bits per heavy atom. The molecule has 0 fully saturated rings. The van der Waals surface area contributed by atoms with E-state index in [4.69, 9.17) is 9.26 Å².